The van der Waals surface area contributed by atoms with E-state index in [0.29, 0.717) is 5.76 Å². The molecule has 0 saturated carbocycles. The highest BCUT2D eigenvalue weighted by molar-refractivity contribution is 5.80. The summed E-state index contributed by atoms with van der Waals surface area (Å²) in [6.45, 7) is 5.39. The van der Waals surface area contributed by atoms with Crippen LogP contribution in [0.4, 0.5) is 0 Å². The number of carboxylic acid groups (broad SMARTS) is 1. The van der Waals surface area contributed by atoms with Crippen molar-refractivity contribution in [1.82, 2.24) is 5.32 Å². The number of carbonyl (C=O) groups excluding carboxylic acids is 1. The van der Waals surface area contributed by atoms with Crippen LogP contribution in [0.3, 0.4) is 0 Å². The molecule has 118 valence electrons. The van der Waals surface area contributed by atoms with Gasteiger partial charge in [0.1, 0.15) is 11.3 Å². The number of hydrogen-bond donors (Lipinski definition) is 2. The fourth-order valence-electron chi connectivity index (χ4n) is 2.49. The highest BCUT2D eigenvalue weighted by Crippen LogP contribution is 2.27. The molecule has 5 nitrogen and oxygen atoms in total. The molecule has 0 aliphatic carbocycles. The number of carboxylic acids is 1. The minimum Gasteiger partial charge on any atom is -0.481 e. The molecule has 1 atom stereocenters. The fraction of sp³-hybridized carbons (Fsp3) is 0.412. The zero-order valence-electron chi connectivity index (χ0n) is 13.1. The molecule has 0 radical (unpaired) electrons. The molecule has 1 aromatic heterocycles. The molecule has 0 bridgehead atoms. The Morgan fingerprint density at radius 2 is 1.95 bits per heavy atom. The Labute approximate surface area is 129 Å². The van der Waals surface area contributed by atoms with Crippen LogP contribution in [0.5, 0.6) is 0 Å². The smallest absolute Gasteiger partial charge is 0.303 e. The van der Waals surface area contributed by atoms with E-state index in [1.807, 2.05) is 37.3 Å². The average molecular weight is 303 g/mol. The average Bonchev–Trinajstić information content (AvgIpc) is 2.79. The van der Waals surface area contributed by atoms with Crippen LogP contribution < -0.4 is 5.32 Å². The van der Waals surface area contributed by atoms with Gasteiger partial charge in [0.2, 0.25) is 5.91 Å². The third kappa shape index (κ3) is 4.10. The van der Waals surface area contributed by atoms with E-state index in [4.69, 9.17) is 9.52 Å². The van der Waals surface area contributed by atoms with Crippen LogP contribution in [0.2, 0.25) is 0 Å². The number of benzene rings is 1. The quantitative estimate of drug-likeness (QED) is 0.856. The zero-order chi connectivity index (χ0) is 16.3. The Balaban J connectivity index is 2.00. The topological polar surface area (TPSA) is 79.5 Å². The van der Waals surface area contributed by atoms with Crippen molar-refractivity contribution in [3.63, 3.8) is 0 Å². The second kappa shape index (κ2) is 6.22. The molecule has 0 fully saturated rings. The van der Waals surface area contributed by atoms with Gasteiger partial charge in [-0.3, -0.25) is 9.59 Å². The molecule has 1 unspecified atom stereocenters. The Morgan fingerprint density at radius 3 is 2.59 bits per heavy atom. The van der Waals surface area contributed by atoms with E-state index in [1.54, 1.807) is 13.8 Å². The van der Waals surface area contributed by atoms with Crippen molar-refractivity contribution >= 4 is 22.8 Å². The number of rotatable bonds is 6. The molecular weight excluding hydrogens is 282 g/mol. The minimum absolute atomic E-state index is 0.0422. The molecule has 2 rings (SSSR count). The van der Waals surface area contributed by atoms with Gasteiger partial charge in [-0.1, -0.05) is 32.0 Å². The molecule has 2 N–H and O–H groups in total. The van der Waals surface area contributed by atoms with Crippen LogP contribution in [0.25, 0.3) is 11.0 Å². The van der Waals surface area contributed by atoms with Crippen molar-refractivity contribution < 1.29 is 19.1 Å². The Kier molecular flexibility index (Phi) is 4.54. The van der Waals surface area contributed by atoms with Gasteiger partial charge in [-0.25, -0.2) is 0 Å². The first-order valence-electron chi connectivity index (χ1n) is 7.26. The molecular formula is C17H21NO4. The van der Waals surface area contributed by atoms with Crippen LogP contribution >= 0.6 is 0 Å². The maximum Gasteiger partial charge on any atom is 0.303 e. The molecule has 5 heteroatoms. The lowest BCUT2D eigenvalue weighted by Crippen LogP contribution is -2.31. The molecule has 1 aromatic carbocycles. The lowest BCUT2D eigenvalue weighted by molar-refractivity contribution is -0.139. The van der Waals surface area contributed by atoms with Crippen LogP contribution in [0.15, 0.2) is 34.7 Å². The first kappa shape index (κ1) is 16.1. The summed E-state index contributed by atoms with van der Waals surface area (Å²) >= 11 is 0. The SMILES string of the molecule is CC(NC(=O)CC(C)(C)CC(=O)O)c1cc2ccccc2o1. The van der Waals surface area contributed by atoms with Gasteiger partial charge in [0.25, 0.3) is 0 Å². The molecule has 1 amide bonds. The van der Waals surface area contributed by atoms with Gasteiger partial charge in [0.05, 0.1) is 12.5 Å². The van der Waals surface area contributed by atoms with E-state index in [2.05, 4.69) is 5.32 Å². The van der Waals surface area contributed by atoms with E-state index in [1.165, 1.54) is 0 Å². The van der Waals surface area contributed by atoms with Gasteiger partial charge in [0.15, 0.2) is 0 Å². The third-order valence-corrected chi connectivity index (χ3v) is 3.52. The van der Waals surface area contributed by atoms with Gasteiger partial charge in [-0.15, -0.1) is 0 Å². The monoisotopic (exact) mass is 303 g/mol. The summed E-state index contributed by atoms with van der Waals surface area (Å²) in [4.78, 5) is 22.9. The number of carbonyl (C=O) groups is 2. The summed E-state index contributed by atoms with van der Waals surface area (Å²) < 4.78 is 5.72. The van der Waals surface area contributed by atoms with Crippen molar-refractivity contribution in [3.8, 4) is 0 Å². The summed E-state index contributed by atoms with van der Waals surface area (Å²) in [5.41, 5.74) is 0.202. The maximum absolute atomic E-state index is 12.1. The number of hydrogen-bond acceptors (Lipinski definition) is 3. The molecule has 0 saturated heterocycles. The van der Waals surface area contributed by atoms with E-state index in [0.717, 1.165) is 11.0 Å². The maximum atomic E-state index is 12.1. The summed E-state index contributed by atoms with van der Waals surface area (Å²) in [5.74, 6) is -0.395. The molecule has 0 aliphatic rings. The van der Waals surface area contributed by atoms with E-state index in [-0.39, 0.29) is 24.8 Å². The van der Waals surface area contributed by atoms with Crippen LogP contribution in [0, 0.1) is 5.41 Å². The van der Waals surface area contributed by atoms with Crippen molar-refractivity contribution in [1.29, 1.82) is 0 Å². The van der Waals surface area contributed by atoms with Gasteiger partial charge < -0.3 is 14.8 Å². The summed E-state index contributed by atoms with van der Waals surface area (Å²) in [7, 11) is 0. The van der Waals surface area contributed by atoms with Gasteiger partial charge >= 0.3 is 5.97 Å². The standard InChI is InChI=1S/C17H21NO4/c1-11(14-8-12-6-4-5-7-13(12)22-14)18-15(19)9-17(2,3)10-16(20)21/h4-8,11H,9-10H2,1-3H3,(H,18,19)(H,20,21). The molecule has 0 aliphatic heterocycles. The number of amides is 1. The van der Waals surface area contributed by atoms with Gasteiger partial charge in [-0.2, -0.15) is 0 Å². The van der Waals surface area contributed by atoms with Gasteiger partial charge in [-0.05, 0) is 24.5 Å². The summed E-state index contributed by atoms with van der Waals surface area (Å²) in [6.07, 6.45) is 0.114. The van der Waals surface area contributed by atoms with Crippen molar-refractivity contribution in [2.24, 2.45) is 5.41 Å². The van der Waals surface area contributed by atoms with Crippen LogP contribution in [-0.2, 0) is 9.59 Å². The first-order valence-corrected chi connectivity index (χ1v) is 7.26. The van der Waals surface area contributed by atoms with Gasteiger partial charge in [0, 0.05) is 11.8 Å². The fourth-order valence-corrected chi connectivity index (χ4v) is 2.49. The zero-order valence-corrected chi connectivity index (χ0v) is 13.1. The molecule has 22 heavy (non-hydrogen) atoms. The van der Waals surface area contributed by atoms with Crippen LogP contribution in [0.1, 0.15) is 45.4 Å². The number of aliphatic carboxylic acids is 1. The largest absolute Gasteiger partial charge is 0.481 e. The number of furan rings is 1. The van der Waals surface area contributed by atoms with E-state index in [9.17, 15) is 9.59 Å². The number of nitrogens with one attached hydrogen (secondary N) is 1. The number of fused-ring (bicyclic) bond motifs is 1. The second-order valence-corrected chi connectivity index (χ2v) is 6.39. The Hall–Kier alpha value is -2.30. The van der Waals surface area contributed by atoms with Crippen molar-refractivity contribution in [2.45, 2.75) is 39.7 Å². The molecule has 0 spiro atoms. The summed E-state index contributed by atoms with van der Waals surface area (Å²) in [6, 6.07) is 9.30. The highest BCUT2D eigenvalue weighted by atomic mass is 16.4. The lowest BCUT2D eigenvalue weighted by atomic mass is 9.85. The molecule has 1 heterocycles. The summed E-state index contributed by atoms with van der Waals surface area (Å²) in [5, 5.41) is 12.7. The highest BCUT2D eigenvalue weighted by Gasteiger charge is 2.26. The number of para-hydroxylation sites is 1. The third-order valence-electron chi connectivity index (χ3n) is 3.52. The Morgan fingerprint density at radius 1 is 1.27 bits per heavy atom. The normalized spacial score (nSPS) is 13.0. The van der Waals surface area contributed by atoms with E-state index >= 15 is 0 Å². The van der Waals surface area contributed by atoms with Crippen LogP contribution in [-0.4, -0.2) is 17.0 Å². The Bertz CT molecular complexity index is 654. The van der Waals surface area contributed by atoms with E-state index < -0.39 is 11.4 Å². The second-order valence-electron chi connectivity index (χ2n) is 6.39. The molecule has 2 aromatic rings. The van der Waals surface area contributed by atoms with Crippen molar-refractivity contribution in [2.75, 3.05) is 0 Å². The predicted molar refractivity (Wildman–Crippen MR) is 83.4 cm³/mol. The lowest BCUT2D eigenvalue weighted by Gasteiger charge is -2.22. The predicted octanol–water partition coefficient (Wildman–Crippen LogP) is 3.50. The van der Waals surface area contributed by atoms with Crippen molar-refractivity contribution in [3.05, 3.63) is 36.1 Å². The minimum atomic E-state index is -0.900. The first-order chi connectivity index (χ1) is 10.3.